The Morgan fingerprint density at radius 1 is 1.12 bits per heavy atom. The van der Waals surface area contributed by atoms with Gasteiger partial charge in [-0.15, -0.1) is 0 Å². The summed E-state index contributed by atoms with van der Waals surface area (Å²) in [5.74, 6) is 0.0551. The van der Waals surface area contributed by atoms with E-state index in [1.54, 1.807) is 6.20 Å². The maximum Gasteiger partial charge on any atom is 0.254 e. The molecule has 0 aliphatic carbocycles. The molecule has 4 nitrogen and oxygen atoms in total. The number of likely N-dealkylation sites (N-methyl/N-ethyl adjacent to an activating group) is 1. The van der Waals surface area contributed by atoms with Gasteiger partial charge in [-0.05, 0) is 44.5 Å². The molecule has 0 unspecified atom stereocenters. The van der Waals surface area contributed by atoms with E-state index in [0.717, 1.165) is 39.8 Å². The van der Waals surface area contributed by atoms with Crippen molar-refractivity contribution in [2.24, 2.45) is 0 Å². The number of aromatic nitrogens is 2. The van der Waals surface area contributed by atoms with Gasteiger partial charge in [0, 0.05) is 42.5 Å². The van der Waals surface area contributed by atoms with Gasteiger partial charge in [0.1, 0.15) is 0 Å². The predicted octanol–water partition coefficient (Wildman–Crippen LogP) is 3.95. The van der Waals surface area contributed by atoms with Crippen molar-refractivity contribution >= 4 is 16.8 Å². The molecule has 25 heavy (non-hydrogen) atoms. The molecule has 3 aromatic rings. The second kappa shape index (κ2) is 7.43. The first-order valence-corrected chi connectivity index (χ1v) is 8.66. The number of pyridine rings is 2. The van der Waals surface area contributed by atoms with E-state index >= 15 is 0 Å². The van der Waals surface area contributed by atoms with Crippen LogP contribution in [0.25, 0.3) is 10.9 Å². The van der Waals surface area contributed by atoms with E-state index in [9.17, 15) is 4.79 Å². The van der Waals surface area contributed by atoms with Crippen LogP contribution in [0.2, 0.25) is 0 Å². The van der Waals surface area contributed by atoms with Gasteiger partial charge >= 0.3 is 0 Å². The monoisotopic (exact) mass is 333 g/mol. The topological polar surface area (TPSA) is 46.1 Å². The van der Waals surface area contributed by atoms with Crippen LogP contribution < -0.4 is 0 Å². The van der Waals surface area contributed by atoms with E-state index in [0.29, 0.717) is 13.1 Å². The molecule has 2 aromatic heterocycles. The van der Waals surface area contributed by atoms with Crippen molar-refractivity contribution < 1.29 is 4.79 Å². The van der Waals surface area contributed by atoms with Crippen LogP contribution in [0.3, 0.4) is 0 Å². The number of fused-ring (bicyclic) bond motifs is 1. The zero-order valence-electron chi connectivity index (χ0n) is 15.0. The minimum absolute atomic E-state index is 0.0551. The van der Waals surface area contributed by atoms with Gasteiger partial charge in [-0.3, -0.25) is 14.8 Å². The Morgan fingerprint density at radius 2 is 1.96 bits per heavy atom. The van der Waals surface area contributed by atoms with Gasteiger partial charge in [0.25, 0.3) is 5.91 Å². The molecule has 0 bridgehead atoms. The molecule has 0 spiro atoms. The molecular formula is C21H23N3O. The average molecular weight is 333 g/mol. The largest absolute Gasteiger partial charge is 0.339 e. The van der Waals surface area contributed by atoms with Gasteiger partial charge in [-0.2, -0.15) is 0 Å². The number of para-hydroxylation sites is 1. The Morgan fingerprint density at radius 3 is 2.68 bits per heavy atom. The standard InChI is InChI=1S/C21H23N3O/c1-4-24(13-11-17-9-5-6-12-22-17)21(25)19-14-16(3)23-20-15(2)8-7-10-18(19)20/h5-10,12,14H,4,11,13H2,1-3H3. The molecule has 3 rings (SSSR count). The Balaban J connectivity index is 1.90. The lowest BCUT2D eigenvalue weighted by molar-refractivity contribution is 0.0767. The van der Waals surface area contributed by atoms with Crippen LogP contribution in [0.1, 0.15) is 34.2 Å². The number of hydrogen-bond acceptors (Lipinski definition) is 3. The molecule has 128 valence electrons. The number of nitrogens with zero attached hydrogens (tertiary/aromatic N) is 3. The van der Waals surface area contributed by atoms with Crippen molar-refractivity contribution in [2.45, 2.75) is 27.2 Å². The van der Waals surface area contributed by atoms with Crippen LogP contribution >= 0.6 is 0 Å². The molecule has 1 amide bonds. The van der Waals surface area contributed by atoms with E-state index in [1.165, 1.54) is 0 Å². The molecule has 0 N–H and O–H groups in total. The smallest absolute Gasteiger partial charge is 0.254 e. The van der Waals surface area contributed by atoms with Crippen molar-refractivity contribution in [1.82, 2.24) is 14.9 Å². The van der Waals surface area contributed by atoms with Crippen molar-refractivity contribution in [1.29, 1.82) is 0 Å². The van der Waals surface area contributed by atoms with Crippen molar-refractivity contribution in [2.75, 3.05) is 13.1 Å². The highest BCUT2D eigenvalue weighted by Gasteiger charge is 2.18. The Bertz CT molecular complexity index is 890. The summed E-state index contributed by atoms with van der Waals surface area (Å²) in [6.07, 6.45) is 2.54. The zero-order valence-corrected chi connectivity index (χ0v) is 15.0. The summed E-state index contributed by atoms with van der Waals surface area (Å²) < 4.78 is 0. The third-order valence-electron chi connectivity index (χ3n) is 4.43. The third kappa shape index (κ3) is 3.68. The number of benzene rings is 1. The first kappa shape index (κ1) is 17.1. The number of aryl methyl sites for hydroxylation is 2. The van der Waals surface area contributed by atoms with Gasteiger partial charge in [0.15, 0.2) is 0 Å². The minimum Gasteiger partial charge on any atom is -0.339 e. The highest BCUT2D eigenvalue weighted by Crippen LogP contribution is 2.22. The van der Waals surface area contributed by atoms with Crippen LogP contribution in [0.5, 0.6) is 0 Å². The predicted molar refractivity (Wildman–Crippen MR) is 101 cm³/mol. The van der Waals surface area contributed by atoms with Crippen molar-refractivity contribution in [3.05, 3.63) is 71.2 Å². The molecular weight excluding hydrogens is 310 g/mol. The van der Waals surface area contributed by atoms with Gasteiger partial charge in [0.2, 0.25) is 0 Å². The first-order chi connectivity index (χ1) is 12.1. The van der Waals surface area contributed by atoms with E-state index in [2.05, 4.69) is 9.97 Å². The fraction of sp³-hybridized carbons (Fsp3) is 0.286. The molecule has 0 aliphatic heterocycles. The van der Waals surface area contributed by atoms with Gasteiger partial charge in [0.05, 0.1) is 11.1 Å². The molecule has 0 saturated carbocycles. The SMILES string of the molecule is CCN(CCc1ccccn1)C(=O)c1cc(C)nc2c(C)cccc12. The number of rotatable bonds is 5. The van der Waals surface area contributed by atoms with E-state index in [1.807, 2.05) is 68.1 Å². The van der Waals surface area contributed by atoms with Gasteiger partial charge < -0.3 is 4.90 Å². The molecule has 0 fully saturated rings. The summed E-state index contributed by atoms with van der Waals surface area (Å²) in [5, 5.41) is 0.923. The Labute approximate surface area is 148 Å². The molecule has 4 heteroatoms. The first-order valence-electron chi connectivity index (χ1n) is 8.66. The minimum atomic E-state index is 0.0551. The molecule has 2 heterocycles. The highest BCUT2D eigenvalue weighted by molar-refractivity contribution is 6.06. The summed E-state index contributed by atoms with van der Waals surface area (Å²) >= 11 is 0. The molecule has 0 aliphatic rings. The maximum atomic E-state index is 13.2. The summed E-state index contributed by atoms with van der Waals surface area (Å²) in [4.78, 5) is 24.0. The van der Waals surface area contributed by atoms with Crippen LogP contribution in [0, 0.1) is 13.8 Å². The van der Waals surface area contributed by atoms with Gasteiger partial charge in [-0.25, -0.2) is 0 Å². The van der Waals surface area contributed by atoms with E-state index < -0.39 is 0 Å². The summed E-state index contributed by atoms with van der Waals surface area (Å²) in [5.41, 5.74) is 4.60. The molecule has 0 radical (unpaired) electrons. The average Bonchev–Trinajstić information content (AvgIpc) is 2.63. The van der Waals surface area contributed by atoms with Crippen LogP contribution in [-0.4, -0.2) is 33.9 Å². The lowest BCUT2D eigenvalue weighted by Crippen LogP contribution is -2.33. The Kier molecular flexibility index (Phi) is 5.08. The number of carbonyl (C=O) groups is 1. The summed E-state index contributed by atoms with van der Waals surface area (Å²) in [6, 6.07) is 13.8. The lowest BCUT2D eigenvalue weighted by atomic mass is 10.0. The molecule has 0 atom stereocenters. The fourth-order valence-electron chi connectivity index (χ4n) is 3.07. The zero-order chi connectivity index (χ0) is 17.8. The maximum absolute atomic E-state index is 13.2. The normalized spacial score (nSPS) is 10.8. The number of carbonyl (C=O) groups excluding carboxylic acids is 1. The van der Waals surface area contributed by atoms with E-state index in [4.69, 9.17) is 0 Å². The summed E-state index contributed by atoms with van der Waals surface area (Å²) in [6.45, 7) is 7.30. The van der Waals surface area contributed by atoms with Crippen molar-refractivity contribution in [3.8, 4) is 0 Å². The van der Waals surface area contributed by atoms with Crippen molar-refractivity contribution in [3.63, 3.8) is 0 Å². The number of amides is 1. The second-order valence-electron chi connectivity index (χ2n) is 6.24. The fourth-order valence-corrected chi connectivity index (χ4v) is 3.07. The molecule has 1 aromatic carbocycles. The lowest BCUT2D eigenvalue weighted by Gasteiger charge is -2.22. The van der Waals surface area contributed by atoms with Crippen LogP contribution in [0.4, 0.5) is 0 Å². The number of hydrogen-bond donors (Lipinski definition) is 0. The van der Waals surface area contributed by atoms with Crippen LogP contribution in [0.15, 0.2) is 48.7 Å². The molecule has 0 saturated heterocycles. The second-order valence-corrected chi connectivity index (χ2v) is 6.24. The Hall–Kier alpha value is -2.75. The summed E-state index contributed by atoms with van der Waals surface area (Å²) in [7, 11) is 0. The quantitative estimate of drug-likeness (QED) is 0.710. The highest BCUT2D eigenvalue weighted by atomic mass is 16.2. The van der Waals surface area contributed by atoms with E-state index in [-0.39, 0.29) is 5.91 Å². The van der Waals surface area contributed by atoms with Crippen LogP contribution in [-0.2, 0) is 6.42 Å². The van der Waals surface area contributed by atoms with Gasteiger partial charge in [-0.1, -0.05) is 24.3 Å². The third-order valence-corrected chi connectivity index (χ3v) is 4.43.